The second kappa shape index (κ2) is 17.2. The third kappa shape index (κ3) is 10.0. The maximum atomic E-state index is 15.3. The molecular weight excluding hydrogens is 820 g/mol. The van der Waals surface area contributed by atoms with Gasteiger partial charge < -0.3 is 24.0 Å². The predicted molar refractivity (Wildman–Crippen MR) is 231 cm³/mol. The van der Waals surface area contributed by atoms with E-state index in [2.05, 4.69) is 45.0 Å². The van der Waals surface area contributed by atoms with Crippen molar-refractivity contribution < 1.29 is 28.6 Å². The summed E-state index contributed by atoms with van der Waals surface area (Å²) in [5.41, 5.74) is 5.11. The number of carbonyl (C=O) groups excluding carboxylic acids is 3. The number of benzene rings is 3. The monoisotopic (exact) mass is 871 g/mol. The van der Waals surface area contributed by atoms with E-state index < -0.39 is 39.3 Å². The first-order valence-corrected chi connectivity index (χ1v) is 21.3. The maximum Gasteiger partial charge on any atom is 0.411 e. The lowest BCUT2D eigenvalue weighted by Crippen LogP contribution is -2.66. The fourth-order valence-corrected chi connectivity index (χ4v) is 7.86. The Hall–Kier alpha value is -3.63. The van der Waals surface area contributed by atoms with Crippen LogP contribution in [0.3, 0.4) is 0 Å². The van der Waals surface area contributed by atoms with Crippen LogP contribution in [0.2, 0.25) is 5.02 Å². The average molecular weight is 874 g/mol. The van der Waals surface area contributed by atoms with Gasteiger partial charge in [-0.1, -0.05) is 94.9 Å². The van der Waals surface area contributed by atoms with Gasteiger partial charge in [0.1, 0.15) is 11.4 Å². The standard InChI is InChI=1S/C45H53Cl4N3O6/c1-27-21-28(2)29(3)38(22-27)56-20-19-30-13-15-31(16-14-30)35-23-34-25-50(41(54)57-43(4,5)6)26-37(52(34)42(55)58-44(7,8)45(47,48)49)39(35)40(53)51(33-17-18-33)24-32-11-9-10-12-36(32)46/h9-16,21-22,33-34,37H,17-20,23-26H2,1-8H3. The number of carbonyl (C=O) groups is 3. The van der Waals surface area contributed by atoms with Crippen molar-refractivity contribution in [2.24, 2.45) is 0 Å². The number of amides is 3. The number of piperazine rings is 1. The van der Waals surface area contributed by atoms with Gasteiger partial charge in [0.15, 0.2) is 5.60 Å². The Morgan fingerprint density at radius 1 is 0.862 bits per heavy atom. The molecule has 3 aromatic rings. The fourth-order valence-electron chi connectivity index (χ4n) is 7.55. The third-order valence-corrected chi connectivity index (χ3v) is 12.8. The minimum atomic E-state index is -1.95. The minimum absolute atomic E-state index is 0.0167. The zero-order chi connectivity index (χ0) is 42.3. The highest BCUT2D eigenvalue weighted by Gasteiger charge is 2.53. The Morgan fingerprint density at radius 3 is 2.16 bits per heavy atom. The van der Waals surface area contributed by atoms with Gasteiger partial charge in [-0.25, -0.2) is 9.59 Å². The van der Waals surface area contributed by atoms with Crippen LogP contribution >= 0.6 is 46.4 Å². The van der Waals surface area contributed by atoms with Crippen LogP contribution in [-0.4, -0.2) is 85.6 Å². The Bertz CT molecular complexity index is 2070. The summed E-state index contributed by atoms with van der Waals surface area (Å²) in [4.78, 5) is 48.4. The molecule has 0 spiro atoms. The molecule has 2 atom stereocenters. The van der Waals surface area contributed by atoms with E-state index in [1.165, 1.54) is 19.4 Å². The first-order chi connectivity index (χ1) is 27.1. The van der Waals surface area contributed by atoms with Crippen LogP contribution in [-0.2, 0) is 27.2 Å². The number of nitrogens with zero attached hydrogens (tertiary/aromatic N) is 3. The molecule has 13 heteroatoms. The Labute approximate surface area is 362 Å². The van der Waals surface area contributed by atoms with Crippen molar-refractivity contribution in [2.75, 3.05) is 19.7 Å². The van der Waals surface area contributed by atoms with E-state index in [9.17, 15) is 9.59 Å². The van der Waals surface area contributed by atoms with E-state index >= 15 is 4.79 Å². The summed E-state index contributed by atoms with van der Waals surface area (Å²) in [5.74, 6) is 0.639. The van der Waals surface area contributed by atoms with Gasteiger partial charge in [-0.15, -0.1) is 0 Å². The van der Waals surface area contributed by atoms with Crippen LogP contribution in [0.5, 0.6) is 5.75 Å². The highest BCUT2D eigenvalue weighted by molar-refractivity contribution is 6.68. The van der Waals surface area contributed by atoms with E-state index in [4.69, 9.17) is 60.6 Å². The molecule has 2 aliphatic heterocycles. The van der Waals surface area contributed by atoms with Crippen molar-refractivity contribution in [3.05, 3.63) is 105 Å². The van der Waals surface area contributed by atoms with E-state index in [0.717, 1.165) is 52.0 Å². The number of aryl methyl sites for hydroxylation is 2. The Kier molecular flexibility index (Phi) is 13.0. The molecule has 2 heterocycles. The molecule has 312 valence electrons. The molecule has 0 aromatic heterocycles. The van der Waals surface area contributed by atoms with Crippen LogP contribution in [0.4, 0.5) is 9.59 Å². The van der Waals surface area contributed by atoms with Crippen molar-refractivity contribution >= 4 is 70.1 Å². The Morgan fingerprint density at radius 2 is 1.53 bits per heavy atom. The molecule has 1 aliphatic carbocycles. The van der Waals surface area contributed by atoms with Crippen LogP contribution < -0.4 is 4.74 Å². The molecule has 2 bridgehead atoms. The van der Waals surface area contributed by atoms with Gasteiger partial charge in [0.2, 0.25) is 3.79 Å². The lowest BCUT2D eigenvalue weighted by Gasteiger charge is -2.51. The number of halogens is 4. The van der Waals surface area contributed by atoms with Crippen molar-refractivity contribution in [1.29, 1.82) is 0 Å². The smallest absolute Gasteiger partial charge is 0.411 e. The first-order valence-electron chi connectivity index (χ1n) is 19.8. The minimum Gasteiger partial charge on any atom is -0.493 e. The van der Waals surface area contributed by atoms with Crippen LogP contribution in [0.25, 0.3) is 5.57 Å². The van der Waals surface area contributed by atoms with E-state index in [0.29, 0.717) is 23.6 Å². The molecule has 3 aliphatic rings. The molecule has 1 saturated heterocycles. The van der Waals surface area contributed by atoms with Crippen molar-refractivity contribution in [3.8, 4) is 5.75 Å². The van der Waals surface area contributed by atoms with Crippen LogP contribution in [0, 0.1) is 20.8 Å². The van der Waals surface area contributed by atoms with E-state index in [-0.39, 0.29) is 38.0 Å². The maximum absolute atomic E-state index is 15.3. The molecule has 0 N–H and O–H groups in total. The van der Waals surface area contributed by atoms with Crippen molar-refractivity contribution in [1.82, 2.24) is 14.7 Å². The molecule has 6 rings (SSSR count). The summed E-state index contributed by atoms with van der Waals surface area (Å²) < 4.78 is 16.0. The average Bonchev–Trinajstić information content (AvgIpc) is 3.97. The molecule has 58 heavy (non-hydrogen) atoms. The summed E-state index contributed by atoms with van der Waals surface area (Å²) >= 11 is 25.5. The van der Waals surface area contributed by atoms with Crippen LogP contribution in [0.15, 0.2) is 66.2 Å². The van der Waals surface area contributed by atoms with Crippen LogP contribution in [0.1, 0.15) is 87.3 Å². The largest absolute Gasteiger partial charge is 0.493 e. The highest BCUT2D eigenvalue weighted by atomic mass is 35.6. The molecule has 0 radical (unpaired) electrons. The molecule has 3 amide bonds. The molecule has 1 saturated carbocycles. The number of rotatable bonds is 10. The predicted octanol–water partition coefficient (Wildman–Crippen LogP) is 10.8. The number of fused-ring (bicyclic) bond motifs is 2. The number of ether oxygens (including phenoxy) is 3. The fraction of sp³-hybridized carbons (Fsp3) is 0.489. The first kappa shape index (κ1) is 43.9. The van der Waals surface area contributed by atoms with E-state index in [1.807, 2.05) is 41.3 Å². The molecule has 9 nitrogen and oxygen atoms in total. The van der Waals surface area contributed by atoms with Gasteiger partial charge in [-0.05, 0) is 126 Å². The number of alkyl halides is 3. The summed E-state index contributed by atoms with van der Waals surface area (Å²) in [6, 6.07) is 18.3. The van der Waals surface area contributed by atoms with Gasteiger partial charge in [-0.2, -0.15) is 0 Å². The zero-order valence-corrected chi connectivity index (χ0v) is 37.5. The van der Waals surface area contributed by atoms with Gasteiger partial charge in [0.05, 0.1) is 18.7 Å². The molecule has 2 fully saturated rings. The van der Waals surface area contributed by atoms with Gasteiger partial charge in [0, 0.05) is 42.7 Å². The van der Waals surface area contributed by atoms with Crippen molar-refractivity contribution in [2.45, 2.75) is 121 Å². The van der Waals surface area contributed by atoms with Gasteiger partial charge in [-0.3, -0.25) is 9.69 Å². The number of hydrogen-bond acceptors (Lipinski definition) is 6. The summed E-state index contributed by atoms with van der Waals surface area (Å²) in [6.45, 7) is 15.6. The molecular formula is C45H53Cl4N3O6. The normalized spacial score (nSPS) is 18.6. The molecule has 3 aromatic carbocycles. The summed E-state index contributed by atoms with van der Waals surface area (Å²) in [5, 5.41) is 0.555. The lowest BCUT2D eigenvalue weighted by molar-refractivity contribution is -0.129. The number of hydrogen-bond donors (Lipinski definition) is 0. The Balaban J connectivity index is 1.40. The second-order valence-electron chi connectivity index (χ2n) is 17.2. The van der Waals surface area contributed by atoms with Gasteiger partial charge in [0.25, 0.3) is 5.91 Å². The topological polar surface area (TPSA) is 88.6 Å². The second-order valence-corrected chi connectivity index (χ2v) is 19.9. The zero-order valence-electron chi connectivity index (χ0n) is 34.5. The lowest BCUT2D eigenvalue weighted by atomic mass is 9.81. The summed E-state index contributed by atoms with van der Waals surface area (Å²) in [7, 11) is 0. The SMILES string of the molecule is Cc1cc(C)c(C)c(OCCc2ccc(C3=C(C(=O)N(Cc4ccccc4Cl)C4CC4)C4CN(C(=O)OC(C)(C)C)CC(C3)N4C(=O)OC(C)(C)C(Cl)(Cl)Cl)cc2)c1. The molecule has 2 unspecified atom stereocenters. The third-order valence-electron chi connectivity index (χ3n) is 11.0. The summed E-state index contributed by atoms with van der Waals surface area (Å²) in [6.07, 6.45) is 1.30. The van der Waals surface area contributed by atoms with Crippen molar-refractivity contribution in [3.63, 3.8) is 0 Å². The quantitative estimate of drug-likeness (QED) is 0.189. The van der Waals surface area contributed by atoms with Gasteiger partial charge >= 0.3 is 12.2 Å². The highest BCUT2D eigenvalue weighted by Crippen LogP contribution is 2.45. The van der Waals surface area contributed by atoms with E-state index in [1.54, 1.807) is 30.6 Å².